The number of carbonyl (C=O) groups excluding carboxylic acids is 2. The van der Waals surface area contributed by atoms with E-state index < -0.39 is 5.97 Å². The van der Waals surface area contributed by atoms with Crippen molar-refractivity contribution >= 4 is 11.9 Å². The molecular weight excluding hydrogens is 246 g/mol. The summed E-state index contributed by atoms with van der Waals surface area (Å²) in [4.78, 5) is 23.0. The fraction of sp³-hybridized carbons (Fsp3) is 0.429. The minimum absolute atomic E-state index is 0.0266. The lowest BCUT2D eigenvalue weighted by atomic mass is 10.1. The Bertz CT molecular complexity index is 469. The highest BCUT2D eigenvalue weighted by molar-refractivity contribution is 5.91. The number of esters is 1. The van der Waals surface area contributed by atoms with E-state index in [4.69, 9.17) is 4.74 Å². The van der Waals surface area contributed by atoms with Gasteiger partial charge in [-0.3, -0.25) is 4.79 Å². The number of rotatable bonds is 5. The van der Waals surface area contributed by atoms with Gasteiger partial charge in [0.2, 0.25) is 0 Å². The van der Waals surface area contributed by atoms with Crippen molar-refractivity contribution in [3.05, 3.63) is 29.3 Å². The number of phenolic OH excluding ortho intramolecular Hbond substituents is 1. The summed E-state index contributed by atoms with van der Waals surface area (Å²) in [5.41, 5.74) is 0.894. The van der Waals surface area contributed by atoms with Crippen molar-refractivity contribution in [2.24, 2.45) is 5.92 Å². The molecule has 0 aliphatic rings. The molecule has 2 N–H and O–H groups in total. The molecular formula is C14H19NO4. The third-order valence-electron chi connectivity index (χ3n) is 2.49. The highest BCUT2D eigenvalue weighted by Crippen LogP contribution is 2.17. The van der Waals surface area contributed by atoms with Crippen LogP contribution in [0.5, 0.6) is 5.75 Å². The first kappa shape index (κ1) is 15.0. The normalized spacial score (nSPS) is 10.3. The quantitative estimate of drug-likeness (QED) is 0.793. The largest absolute Gasteiger partial charge is 0.508 e. The van der Waals surface area contributed by atoms with Gasteiger partial charge in [0, 0.05) is 6.54 Å². The van der Waals surface area contributed by atoms with Crippen molar-refractivity contribution < 1.29 is 19.4 Å². The fourth-order valence-electron chi connectivity index (χ4n) is 1.32. The van der Waals surface area contributed by atoms with Gasteiger partial charge in [-0.25, -0.2) is 4.79 Å². The lowest BCUT2D eigenvalue weighted by Crippen LogP contribution is -2.31. The molecule has 0 atom stereocenters. The van der Waals surface area contributed by atoms with Gasteiger partial charge < -0.3 is 15.2 Å². The fourth-order valence-corrected chi connectivity index (χ4v) is 1.32. The third-order valence-corrected chi connectivity index (χ3v) is 2.49. The van der Waals surface area contributed by atoms with E-state index in [1.807, 2.05) is 13.8 Å². The van der Waals surface area contributed by atoms with Gasteiger partial charge in [0.05, 0.1) is 5.56 Å². The molecule has 0 saturated heterocycles. The average molecular weight is 265 g/mol. The Morgan fingerprint density at radius 2 is 2.05 bits per heavy atom. The summed E-state index contributed by atoms with van der Waals surface area (Å²) in [5.74, 6) is -0.596. The molecule has 19 heavy (non-hydrogen) atoms. The van der Waals surface area contributed by atoms with Gasteiger partial charge in [-0.1, -0.05) is 19.9 Å². The Morgan fingerprint density at radius 3 is 2.63 bits per heavy atom. The van der Waals surface area contributed by atoms with E-state index >= 15 is 0 Å². The van der Waals surface area contributed by atoms with E-state index in [9.17, 15) is 14.7 Å². The zero-order valence-electron chi connectivity index (χ0n) is 11.4. The van der Waals surface area contributed by atoms with Crippen LogP contribution in [0.3, 0.4) is 0 Å². The van der Waals surface area contributed by atoms with Crippen LogP contribution < -0.4 is 5.32 Å². The monoisotopic (exact) mass is 265 g/mol. The molecule has 1 aromatic rings. The van der Waals surface area contributed by atoms with Gasteiger partial charge in [-0.15, -0.1) is 0 Å². The first-order chi connectivity index (χ1) is 8.90. The number of benzene rings is 1. The Labute approximate surface area is 112 Å². The van der Waals surface area contributed by atoms with Crippen LogP contribution in [-0.2, 0) is 9.53 Å². The molecule has 1 amide bonds. The topological polar surface area (TPSA) is 75.6 Å². The van der Waals surface area contributed by atoms with Crippen molar-refractivity contribution in [3.63, 3.8) is 0 Å². The standard InChI is InChI=1S/C14H19NO4/c1-9(2)7-15-13(17)8-19-14(18)11-5-4-10(3)12(16)6-11/h4-6,9,16H,7-8H2,1-3H3,(H,15,17). The van der Waals surface area contributed by atoms with Crippen molar-refractivity contribution in [2.75, 3.05) is 13.2 Å². The number of phenols is 1. The smallest absolute Gasteiger partial charge is 0.338 e. The van der Waals surface area contributed by atoms with E-state index in [2.05, 4.69) is 5.32 Å². The van der Waals surface area contributed by atoms with Crippen LogP contribution in [-0.4, -0.2) is 30.1 Å². The van der Waals surface area contributed by atoms with Gasteiger partial charge in [-0.05, 0) is 30.5 Å². The van der Waals surface area contributed by atoms with Crippen LogP contribution in [0, 0.1) is 12.8 Å². The molecule has 0 unspecified atom stereocenters. The van der Waals surface area contributed by atoms with Gasteiger partial charge >= 0.3 is 5.97 Å². The molecule has 5 heteroatoms. The van der Waals surface area contributed by atoms with E-state index in [0.717, 1.165) is 0 Å². The number of nitrogens with one attached hydrogen (secondary N) is 1. The number of aromatic hydroxyl groups is 1. The maximum absolute atomic E-state index is 11.6. The third kappa shape index (κ3) is 4.99. The molecule has 1 aromatic carbocycles. The van der Waals surface area contributed by atoms with Crippen molar-refractivity contribution in [1.82, 2.24) is 5.32 Å². The van der Waals surface area contributed by atoms with Gasteiger partial charge in [-0.2, -0.15) is 0 Å². The lowest BCUT2D eigenvalue weighted by molar-refractivity contribution is -0.124. The Morgan fingerprint density at radius 1 is 1.37 bits per heavy atom. The molecule has 0 spiro atoms. The van der Waals surface area contributed by atoms with E-state index in [1.165, 1.54) is 6.07 Å². The van der Waals surface area contributed by atoms with E-state index in [-0.39, 0.29) is 23.8 Å². The van der Waals surface area contributed by atoms with Crippen LogP contribution in [0.2, 0.25) is 0 Å². The molecule has 0 radical (unpaired) electrons. The highest BCUT2D eigenvalue weighted by Gasteiger charge is 2.11. The molecule has 0 bridgehead atoms. The van der Waals surface area contributed by atoms with Crippen LogP contribution in [0.4, 0.5) is 0 Å². The SMILES string of the molecule is Cc1ccc(C(=O)OCC(=O)NCC(C)C)cc1O. The molecule has 0 aliphatic heterocycles. The Hall–Kier alpha value is -2.04. The first-order valence-corrected chi connectivity index (χ1v) is 6.13. The number of hydrogen-bond donors (Lipinski definition) is 2. The van der Waals surface area contributed by atoms with Crippen molar-refractivity contribution in [1.29, 1.82) is 0 Å². The Balaban J connectivity index is 2.47. The maximum atomic E-state index is 11.6. The van der Waals surface area contributed by atoms with Crippen molar-refractivity contribution in [2.45, 2.75) is 20.8 Å². The Kier molecular flexibility index (Phi) is 5.36. The summed E-state index contributed by atoms with van der Waals surface area (Å²) < 4.78 is 4.85. The first-order valence-electron chi connectivity index (χ1n) is 6.13. The molecule has 0 heterocycles. The van der Waals surface area contributed by atoms with Gasteiger partial charge in [0.15, 0.2) is 6.61 Å². The summed E-state index contributed by atoms with van der Waals surface area (Å²) in [5, 5.41) is 12.1. The zero-order chi connectivity index (χ0) is 14.4. The molecule has 5 nitrogen and oxygen atoms in total. The summed E-state index contributed by atoms with van der Waals surface area (Å²) in [6.45, 7) is 5.90. The molecule has 0 aliphatic carbocycles. The summed E-state index contributed by atoms with van der Waals surface area (Å²) in [6.07, 6.45) is 0. The van der Waals surface area contributed by atoms with Crippen LogP contribution in [0.1, 0.15) is 29.8 Å². The predicted molar refractivity (Wildman–Crippen MR) is 71.0 cm³/mol. The van der Waals surface area contributed by atoms with Crippen LogP contribution >= 0.6 is 0 Å². The number of carbonyl (C=O) groups is 2. The number of amides is 1. The summed E-state index contributed by atoms with van der Waals surface area (Å²) >= 11 is 0. The van der Waals surface area contributed by atoms with Crippen LogP contribution in [0.25, 0.3) is 0 Å². The minimum atomic E-state index is -0.630. The molecule has 1 rings (SSSR count). The molecule has 0 fully saturated rings. The zero-order valence-corrected chi connectivity index (χ0v) is 11.4. The van der Waals surface area contributed by atoms with Crippen molar-refractivity contribution in [3.8, 4) is 5.75 Å². The van der Waals surface area contributed by atoms with E-state index in [1.54, 1.807) is 19.1 Å². The lowest BCUT2D eigenvalue weighted by Gasteiger charge is -2.08. The molecule has 104 valence electrons. The van der Waals surface area contributed by atoms with E-state index in [0.29, 0.717) is 18.0 Å². The van der Waals surface area contributed by atoms with Crippen LogP contribution in [0.15, 0.2) is 18.2 Å². The minimum Gasteiger partial charge on any atom is -0.508 e. The second kappa shape index (κ2) is 6.78. The molecule has 0 saturated carbocycles. The number of hydrogen-bond acceptors (Lipinski definition) is 4. The molecule has 0 aromatic heterocycles. The predicted octanol–water partition coefficient (Wildman–Crippen LogP) is 1.63. The highest BCUT2D eigenvalue weighted by atomic mass is 16.5. The summed E-state index contributed by atoms with van der Waals surface area (Å²) in [6, 6.07) is 4.48. The van der Waals surface area contributed by atoms with Gasteiger partial charge in [0.1, 0.15) is 5.75 Å². The second-order valence-electron chi connectivity index (χ2n) is 4.78. The van der Waals surface area contributed by atoms with Gasteiger partial charge in [0.25, 0.3) is 5.91 Å². The second-order valence-corrected chi connectivity index (χ2v) is 4.78. The maximum Gasteiger partial charge on any atom is 0.338 e. The number of aryl methyl sites for hydroxylation is 1. The average Bonchev–Trinajstić information content (AvgIpc) is 2.36. The summed E-state index contributed by atoms with van der Waals surface area (Å²) in [7, 11) is 0. The number of ether oxygens (including phenoxy) is 1.